The van der Waals surface area contributed by atoms with Crippen molar-refractivity contribution in [2.24, 2.45) is 0 Å². The first kappa shape index (κ1) is 8.44. The van der Waals surface area contributed by atoms with E-state index >= 15 is 0 Å². The quantitative estimate of drug-likeness (QED) is 0.574. The van der Waals surface area contributed by atoms with Crippen LogP contribution in [0.4, 0.5) is 0 Å². The fraction of sp³-hybridized carbons (Fsp3) is 1.00. The first-order valence-electron chi connectivity index (χ1n) is 4.48. The molecule has 0 aromatic heterocycles. The van der Waals surface area contributed by atoms with Gasteiger partial charge >= 0.3 is 0 Å². The van der Waals surface area contributed by atoms with Gasteiger partial charge in [0.05, 0.1) is 32.5 Å². The van der Waals surface area contributed by atoms with Gasteiger partial charge < -0.3 is 19.5 Å². The van der Waals surface area contributed by atoms with Crippen molar-refractivity contribution in [2.45, 2.75) is 12.2 Å². The highest BCUT2D eigenvalue weighted by molar-refractivity contribution is 4.77. The summed E-state index contributed by atoms with van der Waals surface area (Å²) < 4.78 is 16.4. The molecule has 4 nitrogen and oxygen atoms in total. The minimum absolute atomic E-state index is 0.131. The Balaban J connectivity index is 1.80. The van der Waals surface area contributed by atoms with Gasteiger partial charge in [0.1, 0.15) is 6.10 Å². The Labute approximate surface area is 72.2 Å². The zero-order chi connectivity index (χ0) is 8.23. The Hall–Kier alpha value is -0.160. The Morgan fingerprint density at radius 1 is 1.00 bits per heavy atom. The van der Waals surface area contributed by atoms with Gasteiger partial charge in [-0.25, -0.2) is 0 Å². The summed E-state index contributed by atoms with van der Waals surface area (Å²) in [6.45, 7) is 4.70. The van der Waals surface area contributed by atoms with Crippen LogP contribution in [-0.4, -0.2) is 51.7 Å². The Kier molecular flexibility index (Phi) is 2.94. The highest BCUT2D eigenvalue weighted by atomic mass is 16.6. The number of nitrogens with one attached hydrogen (secondary N) is 1. The third-order valence-corrected chi connectivity index (χ3v) is 2.21. The third-order valence-electron chi connectivity index (χ3n) is 2.21. The number of ether oxygens (including phenoxy) is 3. The molecule has 2 atom stereocenters. The van der Waals surface area contributed by atoms with Crippen molar-refractivity contribution in [1.82, 2.24) is 5.32 Å². The standard InChI is InChI=1S/C8H15NO3/c1-2-11-7(5-9-1)8-6-10-3-4-12-8/h7-9H,1-6H2. The van der Waals surface area contributed by atoms with Gasteiger partial charge in [-0.3, -0.25) is 0 Å². The second-order valence-electron chi connectivity index (χ2n) is 3.10. The molecule has 0 aromatic carbocycles. The maximum atomic E-state index is 5.55. The van der Waals surface area contributed by atoms with Crippen LogP contribution in [0.2, 0.25) is 0 Å². The van der Waals surface area contributed by atoms with E-state index in [0.29, 0.717) is 13.2 Å². The average Bonchev–Trinajstić information content (AvgIpc) is 2.21. The van der Waals surface area contributed by atoms with Gasteiger partial charge in [0.2, 0.25) is 0 Å². The Morgan fingerprint density at radius 2 is 1.92 bits per heavy atom. The van der Waals surface area contributed by atoms with E-state index in [0.717, 1.165) is 26.3 Å². The molecule has 70 valence electrons. The summed E-state index contributed by atoms with van der Waals surface area (Å²) >= 11 is 0. The number of morpholine rings is 1. The lowest BCUT2D eigenvalue weighted by Crippen LogP contribution is -2.49. The van der Waals surface area contributed by atoms with Crippen molar-refractivity contribution >= 4 is 0 Å². The van der Waals surface area contributed by atoms with Crippen LogP contribution in [0.25, 0.3) is 0 Å². The molecular formula is C8H15NO3. The lowest BCUT2D eigenvalue weighted by atomic mass is 10.2. The van der Waals surface area contributed by atoms with Crippen molar-refractivity contribution in [1.29, 1.82) is 0 Å². The monoisotopic (exact) mass is 173 g/mol. The summed E-state index contributed by atoms with van der Waals surface area (Å²) in [6, 6.07) is 0. The molecule has 2 heterocycles. The third kappa shape index (κ3) is 1.95. The molecule has 0 bridgehead atoms. The molecule has 1 N–H and O–H groups in total. The van der Waals surface area contributed by atoms with E-state index in [1.165, 1.54) is 0 Å². The molecular weight excluding hydrogens is 158 g/mol. The molecule has 2 rings (SSSR count). The van der Waals surface area contributed by atoms with Crippen LogP contribution < -0.4 is 5.32 Å². The van der Waals surface area contributed by atoms with Crippen molar-refractivity contribution in [3.8, 4) is 0 Å². The van der Waals surface area contributed by atoms with Gasteiger partial charge in [0.15, 0.2) is 0 Å². The zero-order valence-corrected chi connectivity index (χ0v) is 7.12. The lowest BCUT2D eigenvalue weighted by Gasteiger charge is -2.33. The van der Waals surface area contributed by atoms with Crippen molar-refractivity contribution < 1.29 is 14.2 Å². The van der Waals surface area contributed by atoms with E-state index in [9.17, 15) is 0 Å². The summed E-state index contributed by atoms with van der Waals surface area (Å²) in [6.07, 6.45) is 0.311. The number of hydrogen-bond donors (Lipinski definition) is 1. The van der Waals surface area contributed by atoms with E-state index in [-0.39, 0.29) is 12.2 Å². The largest absolute Gasteiger partial charge is 0.376 e. The minimum Gasteiger partial charge on any atom is -0.376 e. The van der Waals surface area contributed by atoms with Gasteiger partial charge in [-0.2, -0.15) is 0 Å². The maximum absolute atomic E-state index is 5.55. The molecule has 0 amide bonds. The highest BCUT2D eigenvalue weighted by Crippen LogP contribution is 2.10. The van der Waals surface area contributed by atoms with E-state index in [1.54, 1.807) is 0 Å². The van der Waals surface area contributed by atoms with Crippen LogP contribution in [0.1, 0.15) is 0 Å². The van der Waals surface area contributed by atoms with Gasteiger partial charge in [0.25, 0.3) is 0 Å². The molecule has 2 aliphatic rings. The van der Waals surface area contributed by atoms with Crippen molar-refractivity contribution in [2.75, 3.05) is 39.5 Å². The van der Waals surface area contributed by atoms with Crippen molar-refractivity contribution in [3.63, 3.8) is 0 Å². The Bertz CT molecular complexity index is 114. The topological polar surface area (TPSA) is 39.7 Å². The fourth-order valence-corrected chi connectivity index (χ4v) is 1.55. The summed E-state index contributed by atoms with van der Waals surface area (Å²) in [4.78, 5) is 0. The van der Waals surface area contributed by atoms with Crippen LogP contribution in [0.15, 0.2) is 0 Å². The molecule has 2 unspecified atom stereocenters. The number of rotatable bonds is 1. The average molecular weight is 173 g/mol. The molecule has 0 radical (unpaired) electrons. The predicted molar refractivity (Wildman–Crippen MR) is 43.2 cm³/mol. The molecule has 12 heavy (non-hydrogen) atoms. The van der Waals surface area contributed by atoms with Gasteiger partial charge in [-0.05, 0) is 0 Å². The van der Waals surface area contributed by atoms with Crippen LogP contribution in [0, 0.1) is 0 Å². The highest BCUT2D eigenvalue weighted by Gasteiger charge is 2.27. The molecule has 0 spiro atoms. The van der Waals surface area contributed by atoms with Gasteiger partial charge in [-0.15, -0.1) is 0 Å². The van der Waals surface area contributed by atoms with Crippen LogP contribution >= 0.6 is 0 Å². The first-order chi connectivity index (χ1) is 5.97. The lowest BCUT2D eigenvalue weighted by molar-refractivity contribution is -0.152. The molecule has 2 aliphatic heterocycles. The molecule has 2 fully saturated rings. The van der Waals surface area contributed by atoms with E-state index in [1.807, 2.05) is 0 Å². The van der Waals surface area contributed by atoms with E-state index in [4.69, 9.17) is 14.2 Å². The molecule has 0 aromatic rings. The van der Waals surface area contributed by atoms with Crippen LogP contribution in [0.3, 0.4) is 0 Å². The van der Waals surface area contributed by atoms with Crippen LogP contribution in [0.5, 0.6) is 0 Å². The zero-order valence-electron chi connectivity index (χ0n) is 7.12. The number of hydrogen-bond acceptors (Lipinski definition) is 4. The molecule has 0 aliphatic carbocycles. The minimum atomic E-state index is 0.131. The Morgan fingerprint density at radius 3 is 2.58 bits per heavy atom. The summed E-state index contributed by atoms with van der Waals surface area (Å²) in [5, 5.41) is 3.27. The van der Waals surface area contributed by atoms with Gasteiger partial charge in [0, 0.05) is 13.1 Å². The van der Waals surface area contributed by atoms with Crippen molar-refractivity contribution in [3.05, 3.63) is 0 Å². The first-order valence-corrected chi connectivity index (χ1v) is 4.48. The van der Waals surface area contributed by atoms with Crippen LogP contribution in [-0.2, 0) is 14.2 Å². The maximum Gasteiger partial charge on any atom is 0.108 e. The van der Waals surface area contributed by atoms with E-state index in [2.05, 4.69) is 5.32 Å². The smallest absolute Gasteiger partial charge is 0.108 e. The fourth-order valence-electron chi connectivity index (χ4n) is 1.55. The SMILES string of the molecule is C1COC(C2COCCO2)CN1. The second kappa shape index (κ2) is 4.18. The molecule has 0 saturated carbocycles. The molecule has 2 saturated heterocycles. The van der Waals surface area contributed by atoms with Gasteiger partial charge in [-0.1, -0.05) is 0 Å². The predicted octanol–water partition coefficient (Wildman–Crippen LogP) is -0.610. The second-order valence-corrected chi connectivity index (χ2v) is 3.10. The molecule has 4 heteroatoms. The normalized spacial score (nSPS) is 38.0. The summed E-state index contributed by atoms with van der Waals surface area (Å²) in [7, 11) is 0. The van der Waals surface area contributed by atoms with E-state index < -0.39 is 0 Å². The summed E-state index contributed by atoms with van der Waals surface area (Å²) in [5.74, 6) is 0. The summed E-state index contributed by atoms with van der Waals surface area (Å²) in [5.41, 5.74) is 0.